The Hall–Kier alpha value is 0.532. The van der Waals surface area contributed by atoms with Gasteiger partial charge in [-0.2, -0.15) is 0 Å². The van der Waals surface area contributed by atoms with Gasteiger partial charge < -0.3 is 0 Å². The molecule has 0 bridgehead atoms. The first kappa shape index (κ1) is 19.9. The molecule has 23 heavy (non-hydrogen) atoms. The van der Waals surface area contributed by atoms with E-state index in [1.807, 2.05) is 0 Å². The first-order chi connectivity index (χ1) is 11.1. The average Bonchev–Trinajstić information content (AvgIpc) is 2.55. The maximum absolute atomic E-state index is 2.61. The van der Waals surface area contributed by atoms with Gasteiger partial charge in [-0.15, -0.1) is 0 Å². The minimum atomic E-state index is -0.549. The van der Waals surface area contributed by atoms with Gasteiger partial charge in [0.25, 0.3) is 14.1 Å². The van der Waals surface area contributed by atoms with E-state index in [1.54, 1.807) is 41.5 Å². The third kappa shape index (κ3) is 7.12. The topological polar surface area (TPSA) is 0 Å². The van der Waals surface area contributed by atoms with Crippen molar-refractivity contribution >= 4 is 14.1 Å². The van der Waals surface area contributed by atoms with E-state index in [9.17, 15) is 0 Å². The first-order valence-electron chi connectivity index (χ1n) is 11.1. The SMILES string of the molecule is CC(C)[CH2][Al]([CH2]C(C)C1CCCCC1)[CH2]C(C)C1CCCCC1. The fourth-order valence-electron chi connectivity index (χ4n) is 5.80. The quantitative estimate of drug-likeness (QED) is 0.401. The van der Waals surface area contributed by atoms with Crippen LogP contribution in [0.15, 0.2) is 0 Å². The second kappa shape index (κ2) is 10.5. The normalized spacial score (nSPS) is 23.9. The summed E-state index contributed by atoms with van der Waals surface area (Å²) in [6.07, 6.45) is 15.3. The summed E-state index contributed by atoms with van der Waals surface area (Å²) < 4.78 is 0. The fourth-order valence-corrected chi connectivity index (χ4v) is 10.6. The van der Waals surface area contributed by atoms with Gasteiger partial charge >= 0.3 is 0 Å². The van der Waals surface area contributed by atoms with Crippen molar-refractivity contribution in [3.05, 3.63) is 0 Å². The molecule has 2 rings (SSSR count). The zero-order valence-corrected chi connectivity index (χ0v) is 17.8. The predicted octanol–water partition coefficient (Wildman–Crippen LogP) is 7.57. The van der Waals surface area contributed by atoms with Gasteiger partial charge in [-0.25, -0.2) is 0 Å². The Morgan fingerprint density at radius 1 is 0.609 bits per heavy atom. The van der Waals surface area contributed by atoms with E-state index in [2.05, 4.69) is 27.7 Å². The number of rotatable bonds is 8. The van der Waals surface area contributed by atoms with E-state index in [0.29, 0.717) is 0 Å². The Bertz CT molecular complexity index is 273. The van der Waals surface area contributed by atoms with Crippen molar-refractivity contribution in [2.75, 3.05) is 0 Å². The van der Waals surface area contributed by atoms with Crippen LogP contribution < -0.4 is 0 Å². The van der Waals surface area contributed by atoms with Crippen LogP contribution in [0.25, 0.3) is 0 Å². The molecule has 0 amide bonds. The van der Waals surface area contributed by atoms with E-state index in [4.69, 9.17) is 0 Å². The fraction of sp³-hybridized carbons (Fsp3) is 1.00. The zero-order chi connectivity index (χ0) is 16.7. The second-order valence-corrected chi connectivity index (χ2v) is 12.9. The van der Waals surface area contributed by atoms with Crippen LogP contribution in [0.3, 0.4) is 0 Å². The molecule has 0 aromatic heterocycles. The summed E-state index contributed by atoms with van der Waals surface area (Å²) >= 11 is -0.549. The highest BCUT2D eigenvalue weighted by Gasteiger charge is 2.30. The molecule has 2 aliphatic rings. The highest BCUT2D eigenvalue weighted by atomic mass is 27.2. The predicted molar refractivity (Wildman–Crippen MR) is 106 cm³/mol. The van der Waals surface area contributed by atoms with Crippen LogP contribution in [0.4, 0.5) is 0 Å². The molecule has 2 atom stereocenters. The van der Waals surface area contributed by atoms with Gasteiger partial charge in [-0.3, -0.25) is 0 Å². The van der Waals surface area contributed by atoms with Gasteiger partial charge in [-0.1, -0.05) is 126 Å². The molecule has 0 N–H and O–H groups in total. The van der Waals surface area contributed by atoms with Crippen LogP contribution in [-0.4, -0.2) is 14.1 Å². The molecule has 0 spiro atoms. The zero-order valence-electron chi connectivity index (χ0n) is 16.7. The Labute approximate surface area is 151 Å². The van der Waals surface area contributed by atoms with Crippen LogP contribution >= 0.6 is 0 Å². The van der Waals surface area contributed by atoms with Crippen LogP contribution in [0.2, 0.25) is 15.8 Å². The number of hydrogen-bond donors (Lipinski definition) is 0. The lowest BCUT2D eigenvalue weighted by Gasteiger charge is -2.33. The smallest absolute Gasteiger partial charge is 0.0915 e. The highest BCUT2D eigenvalue weighted by Crippen LogP contribution is 2.37. The minimum Gasteiger partial charge on any atom is -0.0915 e. The van der Waals surface area contributed by atoms with Gasteiger partial charge in [0.2, 0.25) is 0 Å². The highest BCUT2D eigenvalue weighted by molar-refractivity contribution is 6.59. The minimum absolute atomic E-state index is 0.549. The molecule has 0 heterocycles. The molecule has 2 fully saturated rings. The third-order valence-electron chi connectivity index (χ3n) is 7.12. The first-order valence-corrected chi connectivity index (χ1v) is 13.5. The van der Waals surface area contributed by atoms with Crippen molar-refractivity contribution in [2.45, 2.75) is 108 Å². The van der Waals surface area contributed by atoms with Gasteiger partial charge in [0.1, 0.15) is 0 Å². The summed E-state index contributed by atoms with van der Waals surface area (Å²) in [5, 5.41) is 4.91. The molecule has 2 aliphatic carbocycles. The van der Waals surface area contributed by atoms with Crippen LogP contribution in [-0.2, 0) is 0 Å². The van der Waals surface area contributed by atoms with Crippen LogP contribution in [0.5, 0.6) is 0 Å². The largest absolute Gasteiger partial charge is 0.262 e. The molecule has 2 unspecified atom stereocenters. The number of hydrogen-bond acceptors (Lipinski definition) is 0. The molecule has 0 nitrogen and oxygen atoms in total. The Morgan fingerprint density at radius 3 is 1.35 bits per heavy atom. The van der Waals surface area contributed by atoms with Gasteiger partial charge in [0, 0.05) is 0 Å². The van der Waals surface area contributed by atoms with Crippen molar-refractivity contribution in [1.29, 1.82) is 0 Å². The molecule has 134 valence electrons. The maximum Gasteiger partial charge on any atom is 0.262 e. The molecule has 0 aliphatic heterocycles. The summed E-state index contributed by atoms with van der Waals surface area (Å²) in [5.41, 5.74) is 0. The maximum atomic E-state index is 2.61. The molecular formula is C22H43Al. The van der Waals surface area contributed by atoms with Crippen molar-refractivity contribution in [3.63, 3.8) is 0 Å². The molecular weight excluding hydrogens is 291 g/mol. The van der Waals surface area contributed by atoms with Crippen molar-refractivity contribution in [3.8, 4) is 0 Å². The molecule has 2 saturated carbocycles. The van der Waals surface area contributed by atoms with Crippen molar-refractivity contribution < 1.29 is 0 Å². The summed E-state index contributed by atoms with van der Waals surface area (Å²) in [6.45, 7) is 10.2. The molecule has 0 saturated heterocycles. The standard InChI is InChI=1S/2C9H17.C4H9.Al/c2*1-8(2)9-6-4-3-5-7-9;1-4(2)3;/h2*8-9H,1,3-7H2,2H3;4H,1H2,2-3H3;. The Kier molecular flexibility index (Phi) is 9.07. The Balaban J connectivity index is 1.84. The van der Waals surface area contributed by atoms with Gasteiger partial charge in [0.15, 0.2) is 0 Å². The third-order valence-corrected chi connectivity index (χ3v) is 11.6. The lowest BCUT2D eigenvalue weighted by atomic mass is 9.81. The lowest BCUT2D eigenvalue weighted by molar-refractivity contribution is 0.270. The molecule has 0 radical (unpaired) electrons. The van der Waals surface area contributed by atoms with Gasteiger partial charge in [0.05, 0.1) is 0 Å². The summed E-state index contributed by atoms with van der Waals surface area (Å²) in [4.78, 5) is 0. The second-order valence-electron chi connectivity index (χ2n) is 9.72. The van der Waals surface area contributed by atoms with Crippen molar-refractivity contribution in [2.24, 2.45) is 29.6 Å². The van der Waals surface area contributed by atoms with E-state index in [-0.39, 0.29) is 0 Å². The van der Waals surface area contributed by atoms with Crippen LogP contribution in [0.1, 0.15) is 91.9 Å². The average molecular weight is 335 g/mol. The van der Waals surface area contributed by atoms with Crippen molar-refractivity contribution in [1.82, 2.24) is 0 Å². The lowest BCUT2D eigenvalue weighted by Crippen LogP contribution is -2.27. The molecule has 0 aromatic carbocycles. The van der Waals surface area contributed by atoms with E-state index < -0.39 is 14.1 Å². The summed E-state index contributed by atoms with van der Waals surface area (Å²) in [6, 6.07) is 0. The van der Waals surface area contributed by atoms with E-state index in [0.717, 1.165) is 29.6 Å². The van der Waals surface area contributed by atoms with E-state index >= 15 is 0 Å². The van der Waals surface area contributed by atoms with Gasteiger partial charge in [-0.05, 0) is 11.8 Å². The molecule has 0 aromatic rings. The summed E-state index contributed by atoms with van der Waals surface area (Å²) in [7, 11) is 0. The van der Waals surface area contributed by atoms with E-state index in [1.165, 1.54) is 38.5 Å². The Morgan fingerprint density at radius 2 is 1.00 bits per heavy atom. The van der Waals surface area contributed by atoms with Crippen LogP contribution in [0, 0.1) is 29.6 Å². The monoisotopic (exact) mass is 334 g/mol. The summed E-state index contributed by atoms with van der Waals surface area (Å²) in [5.74, 6) is 5.16. The molecule has 1 heteroatoms.